The summed E-state index contributed by atoms with van der Waals surface area (Å²) in [6.45, 7) is 10.8. The maximum Gasteiger partial charge on any atom is 0.314 e. The monoisotopic (exact) mass is 442 g/mol. The van der Waals surface area contributed by atoms with Crippen LogP contribution in [0, 0.1) is 5.92 Å². The lowest BCUT2D eigenvalue weighted by atomic mass is 9.92. The highest BCUT2D eigenvalue weighted by Crippen LogP contribution is 2.22. The molecule has 0 aromatic rings. The van der Waals surface area contributed by atoms with Crippen molar-refractivity contribution in [3.63, 3.8) is 0 Å². The van der Waals surface area contributed by atoms with Gasteiger partial charge in [-0.3, -0.25) is 9.59 Å². The third-order valence-electron chi connectivity index (χ3n) is 5.61. The van der Waals surface area contributed by atoms with Gasteiger partial charge in [0.2, 0.25) is 0 Å². The zero-order chi connectivity index (χ0) is 22.8. The zero-order valence-electron chi connectivity index (χ0n) is 20.6. The molecule has 1 unspecified atom stereocenters. The van der Waals surface area contributed by atoms with E-state index in [0.717, 1.165) is 38.5 Å². The van der Waals surface area contributed by atoms with Crippen LogP contribution >= 0.6 is 0 Å². The van der Waals surface area contributed by atoms with Crippen LogP contribution in [0.1, 0.15) is 117 Å². The van der Waals surface area contributed by atoms with Crippen molar-refractivity contribution in [3.05, 3.63) is 0 Å². The van der Waals surface area contributed by atoms with Gasteiger partial charge in [0.25, 0.3) is 0 Å². The van der Waals surface area contributed by atoms with E-state index in [9.17, 15) is 14.7 Å². The molecular weight excluding hydrogens is 392 g/mol. The molecule has 0 bridgehead atoms. The number of ketones is 1. The van der Waals surface area contributed by atoms with Crippen molar-refractivity contribution >= 4 is 20.1 Å². The number of rotatable bonds is 21. The summed E-state index contributed by atoms with van der Waals surface area (Å²) in [4.78, 5) is 24.4. The predicted molar refractivity (Wildman–Crippen MR) is 130 cm³/mol. The maximum absolute atomic E-state index is 12.8. The molecule has 0 aliphatic heterocycles. The highest BCUT2D eigenvalue weighted by atomic mass is 28.4. The largest absolute Gasteiger partial charge is 0.481 e. The van der Waals surface area contributed by atoms with Crippen LogP contribution in [0.4, 0.5) is 0 Å². The lowest BCUT2D eigenvalue weighted by Gasteiger charge is -2.27. The molecule has 0 spiro atoms. The smallest absolute Gasteiger partial charge is 0.314 e. The van der Waals surface area contributed by atoms with Gasteiger partial charge in [0, 0.05) is 6.42 Å². The lowest BCUT2D eigenvalue weighted by Crippen LogP contribution is -2.35. The molecule has 0 aromatic carbocycles. The first kappa shape index (κ1) is 29.3. The number of carboxylic acid groups (broad SMARTS) is 1. The summed E-state index contributed by atoms with van der Waals surface area (Å²) in [5, 5.41) is 9.54. The van der Waals surface area contributed by atoms with Crippen LogP contribution in [0.2, 0.25) is 19.6 Å². The van der Waals surface area contributed by atoms with Crippen LogP contribution in [0.5, 0.6) is 0 Å². The van der Waals surface area contributed by atoms with Crippen LogP contribution in [-0.4, -0.2) is 31.3 Å². The summed E-state index contributed by atoms with van der Waals surface area (Å²) >= 11 is 0. The Morgan fingerprint density at radius 1 is 0.733 bits per heavy atom. The van der Waals surface area contributed by atoms with Gasteiger partial charge in [-0.25, -0.2) is 0 Å². The van der Waals surface area contributed by atoms with E-state index in [1.165, 1.54) is 51.4 Å². The second-order valence-electron chi connectivity index (χ2n) is 9.88. The van der Waals surface area contributed by atoms with Gasteiger partial charge >= 0.3 is 5.97 Å². The van der Waals surface area contributed by atoms with E-state index in [1.807, 2.05) is 0 Å². The fourth-order valence-electron chi connectivity index (χ4n) is 3.95. The van der Waals surface area contributed by atoms with Crippen molar-refractivity contribution in [1.82, 2.24) is 0 Å². The third kappa shape index (κ3) is 17.0. The minimum Gasteiger partial charge on any atom is -0.481 e. The van der Waals surface area contributed by atoms with Gasteiger partial charge in [0.05, 0.1) is 6.10 Å². The Morgan fingerprint density at radius 2 is 1.17 bits per heavy atom. The standard InChI is InChI=1S/C25H50O4Si/c1-6-8-10-12-13-14-15-16-17-19-22(29-30(3,4)5)21-24(26)23(25(27)28)20-18-11-9-7-2/h22-23H,6-21H2,1-5H3,(H,27,28)/t22-,23?/m1/s1. The number of Topliss-reactive ketones (excluding diaryl/α,β-unsaturated/α-hetero) is 1. The van der Waals surface area contributed by atoms with Crippen LogP contribution in [0.3, 0.4) is 0 Å². The van der Waals surface area contributed by atoms with Crippen LogP contribution in [0.25, 0.3) is 0 Å². The molecule has 0 aliphatic rings. The van der Waals surface area contributed by atoms with E-state index in [1.54, 1.807) is 0 Å². The van der Waals surface area contributed by atoms with Crippen molar-refractivity contribution in [2.45, 2.75) is 142 Å². The van der Waals surface area contributed by atoms with Crippen LogP contribution < -0.4 is 0 Å². The van der Waals surface area contributed by atoms with E-state index < -0.39 is 20.2 Å². The molecule has 0 heterocycles. The minimum absolute atomic E-state index is 0.119. The summed E-state index contributed by atoms with van der Waals surface area (Å²) in [5.74, 6) is -1.97. The van der Waals surface area contributed by atoms with E-state index in [-0.39, 0.29) is 18.3 Å². The number of carboxylic acids is 1. The Balaban J connectivity index is 4.44. The Bertz CT molecular complexity index is 445. The Labute approximate surface area is 187 Å². The number of unbranched alkanes of at least 4 members (excludes halogenated alkanes) is 11. The molecule has 178 valence electrons. The molecule has 5 heteroatoms. The van der Waals surface area contributed by atoms with Gasteiger partial charge in [-0.2, -0.15) is 0 Å². The zero-order valence-corrected chi connectivity index (χ0v) is 21.6. The normalized spacial score (nSPS) is 13.9. The van der Waals surface area contributed by atoms with Gasteiger partial charge in [-0.1, -0.05) is 97.3 Å². The van der Waals surface area contributed by atoms with Gasteiger partial charge in [0.1, 0.15) is 11.7 Å². The molecule has 0 saturated carbocycles. The second-order valence-corrected chi connectivity index (χ2v) is 14.3. The second kappa shape index (κ2) is 17.9. The summed E-state index contributed by atoms with van der Waals surface area (Å²) in [7, 11) is -1.78. The number of hydrogen-bond donors (Lipinski definition) is 1. The molecule has 1 N–H and O–H groups in total. The highest BCUT2D eigenvalue weighted by Gasteiger charge is 2.30. The molecule has 30 heavy (non-hydrogen) atoms. The molecule has 0 amide bonds. The molecule has 0 rings (SSSR count). The van der Waals surface area contributed by atoms with E-state index in [4.69, 9.17) is 4.43 Å². The fraction of sp³-hybridized carbons (Fsp3) is 0.920. The first-order valence-electron chi connectivity index (χ1n) is 12.6. The SMILES string of the molecule is CCCCCCCCCCC[C@H](CC(=O)C(CCCCCC)C(=O)O)O[Si](C)(C)C. The summed E-state index contributed by atoms with van der Waals surface area (Å²) in [6, 6.07) is 0. The van der Waals surface area contributed by atoms with Gasteiger partial charge in [-0.15, -0.1) is 0 Å². The van der Waals surface area contributed by atoms with Crippen molar-refractivity contribution in [2.75, 3.05) is 0 Å². The van der Waals surface area contributed by atoms with Gasteiger partial charge < -0.3 is 9.53 Å². The van der Waals surface area contributed by atoms with E-state index in [0.29, 0.717) is 6.42 Å². The average molecular weight is 443 g/mol. The Hall–Kier alpha value is -0.683. The molecule has 4 nitrogen and oxygen atoms in total. The van der Waals surface area contributed by atoms with E-state index in [2.05, 4.69) is 33.5 Å². The molecule has 2 atom stereocenters. The summed E-state index contributed by atoms with van der Waals surface area (Å²) in [5.41, 5.74) is 0. The van der Waals surface area contributed by atoms with Gasteiger partial charge in [0.15, 0.2) is 8.32 Å². The minimum atomic E-state index is -1.78. The van der Waals surface area contributed by atoms with Crippen LogP contribution in [-0.2, 0) is 14.0 Å². The molecule has 0 aliphatic carbocycles. The van der Waals surface area contributed by atoms with E-state index >= 15 is 0 Å². The fourth-order valence-corrected chi connectivity index (χ4v) is 5.15. The molecule has 0 aromatic heterocycles. The summed E-state index contributed by atoms with van der Waals surface area (Å²) < 4.78 is 6.28. The molecular formula is C25H50O4Si. The molecule has 0 fully saturated rings. The number of aliphatic carboxylic acids is 1. The number of carbonyl (C=O) groups excluding carboxylic acids is 1. The average Bonchev–Trinajstić information content (AvgIpc) is 2.64. The molecule has 0 radical (unpaired) electrons. The quantitative estimate of drug-likeness (QED) is 0.112. The number of hydrogen-bond acceptors (Lipinski definition) is 3. The Morgan fingerprint density at radius 3 is 1.63 bits per heavy atom. The maximum atomic E-state index is 12.8. The highest BCUT2D eigenvalue weighted by molar-refractivity contribution is 6.69. The first-order valence-corrected chi connectivity index (χ1v) is 16.0. The van der Waals surface area contributed by atoms with Crippen molar-refractivity contribution in [2.24, 2.45) is 5.92 Å². The predicted octanol–water partition coefficient (Wildman–Crippen LogP) is 7.76. The van der Waals surface area contributed by atoms with Crippen molar-refractivity contribution in [3.8, 4) is 0 Å². The topological polar surface area (TPSA) is 63.6 Å². The lowest BCUT2D eigenvalue weighted by molar-refractivity contribution is -0.147. The summed E-state index contributed by atoms with van der Waals surface area (Å²) in [6.07, 6.45) is 16.9. The number of carbonyl (C=O) groups is 2. The van der Waals surface area contributed by atoms with Crippen LogP contribution in [0.15, 0.2) is 0 Å². The van der Waals surface area contributed by atoms with Gasteiger partial charge in [-0.05, 0) is 32.5 Å². The van der Waals surface area contributed by atoms with Crippen molar-refractivity contribution < 1.29 is 19.1 Å². The third-order valence-corrected chi connectivity index (χ3v) is 6.65. The molecule has 0 saturated heterocycles. The van der Waals surface area contributed by atoms with Crippen molar-refractivity contribution in [1.29, 1.82) is 0 Å². The Kier molecular flexibility index (Phi) is 17.5. The first-order chi connectivity index (χ1) is 14.2.